The van der Waals surface area contributed by atoms with E-state index in [0.717, 1.165) is 31.5 Å². The van der Waals surface area contributed by atoms with Gasteiger partial charge in [0, 0.05) is 12.6 Å². The molecule has 2 rings (SSSR count). The third-order valence-electron chi connectivity index (χ3n) is 3.77. The number of amides is 2. The highest BCUT2D eigenvalue weighted by molar-refractivity contribution is 5.96. The van der Waals surface area contributed by atoms with E-state index >= 15 is 0 Å². The van der Waals surface area contributed by atoms with Crippen LogP contribution in [0.5, 0.6) is 0 Å². The summed E-state index contributed by atoms with van der Waals surface area (Å²) in [7, 11) is 1.94. The van der Waals surface area contributed by atoms with Gasteiger partial charge in [0.25, 0.3) is 0 Å². The van der Waals surface area contributed by atoms with Gasteiger partial charge in [-0.25, -0.2) is 0 Å². The van der Waals surface area contributed by atoms with Gasteiger partial charge >= 0.3 is 0 Å². The number of likely N-dealkylation sites (N-methyl/N-ethyl adjacent to an activating group) is 1. The Balaban J connectivity index is 1.75. The van der Waals surface area contributed by atoms with Crippen molar-refractivity contribution in [3.05, 3.63) is 35.9 Å². The van der Waals surface area contributed by atoms with Crippen LogP contribution in [0.4, 0.5) is 0 Å². The quantitative estimate of drug-likeness (QED) is 0.831. The Morgan fingerprint density at radius 1 is 1.24 bits per heavy atom. The van der Waals surface area contributed by atoms with Gasteiger partial charge in [0.2, 0.25) is 11.8 Å². The molecular weight excluding hydrogens is 266 g/mol. The molecule has 5 nitrogen and oxygen atoms in total. The number of imide groups is 1. The number of carbonyl (C=O) groups is 2. The molecule has 5 heteroatoms. The highest BCUT2D eigenvalue weighted by Crippen LogP contribution is 2.09. The molecule has 0 spiro atoms. The van der Waals surface area contributed by atoms with Crippen LogP contribution in [-0.4, -0.2) is 49.4 Å². The normalized spacial score (nSPS) is 19.2. The fourth-order valence-electron chi connectivity index (χ4n) is 2.66. The summed E-state index contributed by atoms with van der Waals surface area (Å²) < 4.78 is 0. The van der Waals surface area contributed by atoms with E-state index in [1.54, 1.807) is 0 Å². The first-order valence-corrected chi connectivity index (χ1v) is 7.43. The lowest BCUT2D eigenvalue weighted by Crippen LogP contribution is -2.48. The van der Waals surface area contributed by atoms with Gasteiger partial charge in [-0.2, -0.15) is 0 Å². The molecule has 1 aliphatic rings. The van der Waals surface area contributed by atoms with E-state index in [2.05, 4.69) is 15.5 Å². The van der Waals surface area contributed by atoms with Crippen molar-refractivity contribution < 1.29 is 9.59 Å². The van der Waals surface area contributed by atoms with Gasteiger partial charge in [0.05, 0.1) is 13.0 Å². The van der Waals surface area contributed by atoms with Crippen LogP contribution in [0.2, 0.25) is 0 Å². The third kappa shape index (κ3) is 5.28. The number of likely N-dealkylation sites (tertiary alicyclic amines) is 1. The van der Waals surface area contributed by atoms with Crippen LogP contribution in [0.3, 0.4) is 0 Å². The molecular formula is C16H23N3O2. The summed E-state index contributed by atoms with van der Waals surface area (Å²) >= 11 is 0. The number of benzene rings is 1. The number of rotatable bonds is 5. The monoisotopic (exact) mass is 289 g/mol. The summed E-state index contributed by atoms with van der Waals surface area (Å²) in [6, 6.07) is 9.87. The summed E-state index contributed by atoms with van der Waals surface area (Å²) in [5.74, 6) is -0.457. The van der Waals surface area contributed by atoms with Crippen LogP contribution < -0.4 is 10.6 Å². The van der Waals surface area contributed by atoms with E-state index in [-0.39, 0.29) is 18.2 Å². The molecule has 0 aliphatic carbocycles. The van der Waals surface area contributed by atoms with Crippen molar-refractivity contribution >= 4 is 11.8 Å². The fourth-order valence-corrected chi connectivity index (χ4v) is 2.66. The molecule has 1 atom stereocenters. The molecule has 1 unspecified atom stereocenters. The van der Waals surface area contributed by atoms with Gasteiger partial charge in [0.1, 0.15) is 0 Å². The Hall–Kier alpha value is -1.72. The zero-order valence-corrected chi connectivity index (χ0v) is 12.5. The molecule has 1 saturated heterocycles. The molecule has 1 aliphatic heterocycles. The minimum atomic E-state index is -0.242. The topological polar surface area (TPSA) is 61.4 Å². The summed E-state index contributed by atoms with van der Waals surface area (Å²) in [4.78, 5) is 25.8. The zero-order valence-electron chi connectivity index (χ0n) is 12.5. The Kier molecular flexibility index (Phi) is 5.90. The fraction of sp³-hybridized carbons (Fsp3) is 0.500. The Labute approximate surface area is 125 Å². The molecule has 1 fully saturated rings. The van der Waals surface area contributed by atoms with Gasteiger partial charge in [-0.15, -0.1) is 0 Å². The summed E-state index contributed by atoms with van der Waals surface area (Å²) in [6.07, 6.45) is 2.46. The average Bonchev–Trinajstić information content (AvgIpc) is 2.48. The number of piperidine rings is 1. The Bertz CT molecular complexity index is 476. The van der Waals surface area contributed by atoms with Crippen molar-refractivity contribution in [2.24, 2.45) is 0 Å². The molecule has 1 aromatic rings. The van der Waals surface area contributed by atoms with Crippen molar-refractivity contribution in [3.63, 3.8) is 0 Å². The zero-order chi connectivity index (χ0) is 15.1. The molecule has 2 amide bonds. The molecule has 1 aromatic carbocycles. The van der Waals surface area contributed by atoms with Gasteiger partial charge in [0.15, 0.2) is 0 Å². The second-order valence-electron chi connectivity index (χ2n) is 5.50. The first kappa shape index (κ1) is 15.7. The van der Waals surface area contributed by atoms with Crippen LogP contribution in [0.1, 0.15) is 18.4 Å². The molecule has 0 saturated carbocycles. The van der Waals surface area contributed by atoms with Crippen LogP contribution in [0.15, 0.2) is 30.3 Å². The molecule has 0 bridgehead atoms. The van der Waals surface area contributed by atoms with Crippen molar-refractivity contribution in [2.45, 2.75) is 25.3 Å². The molecule has 2 N–H and O–H groups in total. The van der Waals surface area contributed by atoms with Gasteiger partial charge in [-0.1, -0.05) is 30.3 Å². The summed E-state index contributed by atoms with van der Waals surface area (Å²) in [6.45, 7) is 2.06. The Morgan fingerprint density at radius 3 is 2.71 bits per heavy atom. The predicted octanol–water partition coefficient (Wildman–Crippen LogP) is 0.556. The van der Waals surface area contributed by atoms with Gasteiger partial charge in [-0.3, -0.25) is 19.8 Å². The number of carbonyl (C=O) groups excluding carboxylic acids is 2. The van der Waals surface area contributed by atoms with Crippen molar-refractivity contribution in [1.29, 1.82) is 0 Å². The van der Waals surface area contributed by atoms with Crippen LogP contribution in [0, 0.1) is 0 Å². The smallest absolute Gasteiger partial charge is 0.240 e. The van der Waals surface area contributed by atoms with E-state index in [9.17, 15) is 9.59 Å². The predicted molar refractivity (Wildman–Crippen MR) is 81.8 cm³/mol. The number of nitrogens with zero attached hydrogens (tertiary/aromatic N) is 1. The highest BCUT2D eigenvalue weighted by Gasteiger charge is 2.20. The van der Waals surface area contributed by atoms with Gasteiger partial charge in [-0.05, 0) is 32.0 Å². The molecule has 0 aromatic heterocycles. The van der Waals surface area contributed by atoms with E-state index in [4.69, 9.17) is 0 Å². The van der Waals surface area contributed by atoms with E-state index < -0.39 is 0 Å². The number of hydrogen-bond acceptors (Lipinski definition) is 4. The standard InChI is InChI=1S/C16H23N3O2/c1-17-14-8-5-9-19(11-14)12-16(21)18-15(20)10-13-6-3-2-4-7-13/h2-4,6-7,14,17H,5,8-12H2,1H3,(H,18,20,21). The maximum atomic E-state index is 11.9. The minimum Gasteiger partial charge on any atom is -0.316 e. The van der Waals surface area contributed by atoms with E-state index in [1.165, 1.54) is 0 Å². The van der Waals surface area contributed by atoms with Crippen molar-refractivity contribution in [3.8, 4) is 0 Å². The second-order valence-corrected chi connectivity index (χ2v) is 5.50. The van der Waals surface area contributed by atoms with Crippen LogP contribution >= 0.6 is 0 Å². The number of hydrogen-bond donors (Lipinski definition) is 2. The van der Waals surface area contributed by atoms with E-state index in [1.807, 2.05) is 37.4 Å². The lowest BCUT2D eigenvalue weighted by molar-refractivity contribution is -0.130. The van der Waals surface area contributed by atoms with Crippen LogP contribution in [-0.2, 0) is 16.0 Å². The second kappa shape index (κ2) is 7.90. The summed E-state index contributed by atoms with van der Waals surface area (Å²) in [5.41, 5.74) is 0.913. The molecule has 21 heavy (non-hydrogen) atoms. The first-order valence-electron chi connectivity index (χ1n) is 7.43. The molecule has 0 radical (unpaired) electrons. The largest absolute Gasteiger partial charge is 0.316 e. The highest BCUT2D eigenvalue weighted by atomic mass is 16.2. The lowest BCUT2D eigenvalue weighted by Gasteiger charge is -2.31. The maximum absolute atomic E-state index is 11.9. The minimum absolute atomic E-state index is 0.215. The SMILES string of the molecule is CNC1CCCN(CC(=O)NC(=O)Cc2ccccc2)C1. The Morgan fingerprint density at radius 2 is 2.00 bits per heavy atom. The van der Waals surface area contributed by atoms with Crippen molar-refractivity contribution in [2.75, 3.05) is 26.7 Å². The van der Waals surface area contributed by atoms with E-state index in [0.29, 0.717) is 12.6 Å². The third-order valence-corrected chi connectivity index (χ3v) is 3.77. The molecule has 114 valence electrons. The maximum Gasteiger partial charge on any atom is 0.240 e. The van der Waals surface area contributed by atoms with Crippen molar-refractivity contribution in [1.82, 2.24) is 15.5 Å². The average molecular weight is 289 g/mol. The first-order chi connectivity index (χ1) is 10.2. The summed E-state index contributed by atoms with van der Waals surface area (Å²) in [5, 5.41) is 5.71. The molecule has 1 heterocycles. The lowest BCUT2D eigenvalue weighted by atomic mass is 10.1. The van der Waals surface area contributed by atoms with Crippen LogP contribution in [0.25, 0.3) is 0 Å². The van der Waals surface area contributed by atoms with Gasteiger partial charge < -0.3 is 5.32 Å². The number of nitrogens with one attached hydrogen (secondary N) is 2.